The average molecular weight is 263 g/mol. The molecule has 104 valence electrons. The molecular weight excluding hydrogens is 242 g/mol. The maximum atomic E-state index is 5.73. The van der Waals surface area contributed by atoms with Crippen LogP contribution in [0.15, 0.2) is 29.4 Å². The van der Waals surface area contributed by atoms with Crippen molar-refractivity contribution < 1.29 is 9.57 Å². The zero-order valence-corrected chi connectivity index (χ0v) is 11.3. The molecule has 1 heterocycles. The van der Waals surface area contributed by atoms with Crippen molar-refractivity contribution in [2.24, 2.45) is 5.16 Å². The van der Waals surface area contributed by atoms with E-state index in [9.17, 15) is 0 Å². The molecule has 0 aliphatic carbocycles. The Balaban J connectivity index is 1.75. The minimum atomic E-state index is 0.597. The van der Waals surface area contributed by atoms with Crippen LogP contribution < -0.4 is 5.73 Å². The van der Waals surface area contributed by atoms with Gasteiger partial charge in [-0.15, -0.1) is 0 Å². The largest absolute Gasteiger partial charge is 0.399 e. The highest BCUT2D eigenvalue weighted by Crippen LogP contribution is 2.08. The number of hydrogen-bond acceptors (Lipinski definition) is 5. The van der Waals surface area contributed by atoms with E-state index in [4.69, 9.17) is 15.3 Å². The molecule has 1 fully saturated rings. The monoisotopic (exact) mass is 263 g/mol. The Labute approximate surface area is 114 Å². The van der Waals surface area contributed by atoms with Crippen LogP contribution in [0.5, 0.6) is 0 Å². The number of morpholine rings is 1. The first-order chi connectivity index (χ1) is 9.25. The molecule has 19 heavy (non-hydrogen) atoms. The second-order valence-electron chi connectivity index (χ2n) is 4.59. The fourth-order valence-corrected chi connectivity index (χ4v) is 1.95. The molecule has 1 aliphatic heterocycles. The maximum Gasteiger partial charge on any atom is 0.129 e. The molecule has 5 nitrogen and oxygen atoms in total. The highest BCUT2D eigenvalue weighted by atomic mass is 16.6. The minimum Gasteiger partial charge on any atom is -0.399 e. The van der Waals surface area contributed by atoms with Gasteiger partial charge in [-0.05, 0) is 19.1 Å². The molecule has 1 aromatic carbocycles. The van der Waals surface area contributed by atoms with Crippen molar-refractivity contribution in [3.05, 3.63) is 29.8 Å². The molecule has 0 saturated carbocycles. The molecule has 0 unspecified atom stereocenters. The Bertz CT molecular complexity index is 428. The second kappa shape index (κ2) is 7.11. The number of benzene rings is 1. The summed E-state index contributed by atoms with van der Waals surface area (Å²) in [6, 6.07) is 7.64. The first kappa shape index (κ1) is 13.8. The van der Waals surface area contributed by atoms with E-state index in [1.54, 1.807) is 0 Å². The Morgan fingerprint density at radius 3 is 2.95 bits per heavy atom. The van der Waals surface area contributed by atoms with Crippen LogP contribution in [0.25, 0.3) is 0 Å². The van der Waals surface area contributed by atoms with E-state index in [-0.39, 0.29) is 0 Å². The van der Waals surface area contributed by atoms with Crippen molar-refractivity contribution in [3.8, 4) is 0 Å². The minimum absolute atomic E-state index is 0.597. The van der Waals surface area contributed by atoms with Crippen LogP contribution in [0.2, 0.25) is 0 Å². The maximum absolute atomic E-state index is 5.73. The third-order valence-corrected chi connectivity index (χ3v) is 3.11. The van der Waals surface area contributed by atoms with Crippen molar-refractivity contribution >= 4 is 11.4 Å². The first-order valence-corrected chi connectivity index (χ1v) is 6.58. The van der Waals surface area contributed by atoms with Crippen LogP contribution in [0.4, 0.5) is 5.69 Å². The number of hydrogen-bond donors (Lipinski definition) is 1. The number of nitrogens with two attached hydrogens (primary N) is 1. The topological polar surface area (TPSA) is 60.1 Å². The number of anilines is 1. The van der Waals surface area contributed by atoms with Crippen molar-refractivity contribution in [2.75, 3.05) is 45.2 Å². The number of ether oxygens (including phenoxy) is 1. The Kier molecular flexibility index (Phi) is 5.18. The lowest BCUT2D eigenvalue weighted by Crippen LogP contribution is -2.38. The second-order valence-corrected chi connectivity index (χ2v) is 4.59. The molecule has 1 saturated heterocycles. The van der Waals surface area contributed by atoms with E-state index < -0.39 is 0 Å². The zero-order valence-electron chi connectivity index (χ0n) is 11.3. The van der Waals surface area contributed by atoms with Gasteiger partial charge in [0.1, 0.15) is 6.61 Å². The van der Waals surface area contributed by atoms with Gasteiger partial charge in [-0.1, -0.05) is 17.3 Å². The van der Waals surface area contributed by atoms with Gasteiger partial charge in [0.25, 0.3) is 0 Å². The van der Waals surface area contributed by atoms with Crippen LogP contribution in [0.1, 0.15) is 12.5 Å². The van der Waals surface area contributed by atoms with Crippen LogP contribution in [0, 0.1) is 0 Å². The van der Waals surface area contributed by atoms with Crippen molar-refractivity contribution in [2.45, 2.75) is 6.92 Å². The third-order valence-electron chi connectivity index (χ3n) is 3.11. The van der Waals surface area contributed by atoms with Crippen molar-refractivity contribution in [1.29, 1.82) is 0 Å². The third kappa shape index (κ3) is 4.54. The summed E-state index contributed by atoms with van der Waals surface area (Å²) in [5, 5.41) is 4.12. The fourth-order valence-electron chi connectivity index (χ4n) is 1.95. The van der Waals surface area contributed by atoms with Gasteiger partial charge in [0, 0.05) is 30.9 Å². The van der Waals surface area contributed by atoms with Crippen LogP contribution >= 0.6 is 0 Å². The van der Waals surface area contributed by atoms with Gasteiger partial charge in [-0.2, -0.15) is 0 Å². The molecule has 0 spiro atoms. The van der Waals surface area contributed by atoms with E-state index in [2.05, 4.69) is 10.1 Å². The van der Waals surface area contributed by atoms with Gasteiger partial charge in [-0.3, -0.25) is 4.90 Å². The van der Waals surface area contributed by atoms with E-state index >= 15 is 0 Å². The van der Waals surface area contributed by atoms with Crippen molar-refractivity contribution in [1.82, 2.24) is 4.90 Å². The molecule has 0 radical (unpaired) electrons. The molecule has 2 N–H and O–H groups in total. The Morgan fingerprint density at radius 1 is 1.42 bits per heavy atom. The predicted octanol–water partition coefficient (Wildman–Crippen LogP) is 1.34. The average Bonchev–Trinajstić information content (AvgIpc) is 2.44. The number of nitrogen functional groups attached to an aromatic ring is 1. The molecule has 0 bridgehead atoms. The van der Waals surface area contributed by atoms with Gasteiger partial charge in [-0.25, -0.2) is 0 Å². The van der Waals surface area contributed by atoms with Gasteiger partial charge >= 0.3 is 0 Å². The van der Waals surface area contributed by atoms with Crippen LogP contribution in [-0.2, 0) is 9.57 Å². The normalized spacial score (nSPS) is 17.4. The molecule has 0 amide bonds. The van der Waals surface area contributed by atoms with Gasteiger partial charge in [0.05, 0.1) is 18.9 Å². The van der Waals surface area contributed by atoms with Gasteiger partial charge in [0.15, 0.2) is 0 Å². The summed E-state index contributed by atoms with van der Waals surface area (Å²) in [6.07, 6.45) is 0. The van der Waals surface area contributed by atoms with E-state index in [0.717, 1.165) is 49.8 Å². The Hall–Kier alpha value is -1.59. The lowest BCUT2D eigenvalue weighted by Gasteiger charge is -2.25. The zero-order chi connectivity index (χ0) is 13.5. The van der Waals surface area contributed by atoms with Gasteiger partial charge in [0.2, 0.25) is 0 Å². The fraction of sp³-hybridized carbons (Fsp3) is 0.500. The van der Waals surface area contributed by atoms with E-state index in [1.807, 2.05) is 31.2 Å². The van der Waals surface area contributed by atoms with Crippen LogP contribution in [-0.4, -0.2) is 50.1 Å². The lowest BCUT2D eigenvalue weighted by atomic mass is 10.1. The first-order valence-electron chi connectivity index (χ1n) is 6.58. The lowest BCUT2D eigenvalue weighted by molar-refractivity contribution is 0.0212. The summed E-state index contributed by atoms with van der Waals surface area (Å²) in [5.74, 6) is 0. The predicted molar refractivity (Wildman–Crippen MR) is 76.3 cm³/mol. The highest BCUT2D eigenvalue weighted by Gasteiger charge is 2.09. The highest BCUT2D eigenvalue weighted by molar-refractivity contribution is 5.98. The number of rotatable bonds is 5. The summed E-state index contributed by atoms with van der Waals surface area (Å²) in [7, 11) is 0. The number of nitrogens with zero attached hydrogens (tertiary/aromatic N) is 2. The summed E-state index contributed by atoms with van der Waals surface area (Å²) in [5.41, 5.74) is 8.30. The molecule has 1 aromatic rings. The number of oxime groups is 1. The quantitative estimate of drug-likeness (QED) is 0.377. The van der Waals surface area contributed by atoms with E-state index in [1.165, 1.54) is 0 Å². The Morgan fingerprint density at radius 2 is 2.21 bits per heavy atom. The van der Waals surface area contributed by atoms with Crippen LogP contribution in [0.3, 0.4) is 0 Å². The molecule has 2 rings (SSSR count). The van der Waals surface area contributed by atoms with Crippen molar-refractivity contribution in [3.63, 3.8) is 0 Å². The molecule has 5 heteroatoms. The molecule has 0 atom stereocenters. The standard InChI is InChI=1S/C14H21N3O2/c1-12(13-3-2-4-14(15)11-13)16-19-10-7-17-5-8-18-9-6-17/h2-4,11H,5-10,15H2,1H3/b16-12+. The summed E-state index contributed by atoms with van der Waals surface area (Å²) in [4.78, 5) is 7.67. The molecular formula is C14H21N3O2. The molecule has 1 aliphatic rings. The van der Waals surface area contributed by atoms with Gasteiger partial charge < -0.3 is 15.3 Å². The SMILES string of the molecule is C/C(=N\OCCN1CCOCC1)c1cccc(N)c1. The van der Waals surface area contributed by atoms with E-state index in [0.29, 0.717) is 6.61 Å². The summed E-state index contributed by atoms with van der Waals surface area (Å²) < 4.78 is 5.29. The molecule has 0 aromatic heterocycles. The summed E-state index contributed by atoms with van der Waals surface area (Å²) in [6.45, 7) is 6.97. The summed E-state index contributed by atoms with van der Waals surface area (Å²) >= 11 is 0. The smallest absolute Gasteiger partial charge is 0.129 e.